The number of aromatic nitrogens is 1. The van der Waals surface area contributed by atoms with E-state index in [0.717, 1.165) is 16.6 Å². The van der Waals surface area contributed by atoms with Gasteiger partial charge in [-0.1, -0.05) is 6.92 Å². The molecule has 0 unspecified atom stereocenters. The van der Waals surface area contributed by atoms with Gasteiger partial charge in [0.25, 0.3) is 10.1 Å². The number of aromatic hydroxyl groups is 1. The Kier molecular flexibility index (Phi) is 12.8. The Bertz CT molecular complexity index is 897. The summed E-state index contributed by atoms with van der Waals surface area (Å²) in [4.78, 5) is 6.03. The van der Waals surface area contributed by atoms with Crippen LogP contribution in [0.2, 0.25) is 0 Å². The van der Waals surface area contributed by atoms with Crippen LogP contribution in [0.25, 0.3) is 0 Å². The van der Waals surface area contributed by atoms with Gasteiger partial charge in [-0.15, -0.1) is 10.2 Å². The first kappa shape index (κ1) is 27.9. The quantitative estimate of drug-likeness (QED) is 0.308. The van der Waals surface area contributed by atoms with Crippen molar-refractivity contribution in [3.8, 4) is 5.75 Å². The summed E-state index contributed by atoms with van der Waals surface area (Å²) in [5.74, 6) is 0.0785. The van der Waals surface area contributed by atoms with Crippen LogP contribution in [0.5, 0.6) is 5.75 Å². The molecule has 0 fully saturated rings. The maximum atomic E-state index is 10.9. The van der Waals surface area contributed by atoms with Crippen LogP contribution in [0, 0.1) is 0 Å². The number of anilines is 1. The SMILES string of the molecule is CCCN(CCCS(=O)(=O)O)c1ccc(N=Nc2ccc(Br)cn2)c(O)c1.O.[Na]. The van der Waals surface area contributed by atoms with Crippen molar-refractivity contribution < 1.29 is 23.6 Å². The zero-order chi connectivity index (χ0) is 19.9. The second-order valence-corrected chi connectivity index (χ2v) is 8.32. The maximum Gasteiger partial charge on any atom is 0.264 e. The number of halogens is 1. The van der Waals surface area contributed by atoms with Gasteiger partial charge in [-0.3, -0.25) is 4.55 Å². The Balaban J connectivity index is 0.00000392. The molecule has 1 aromatic carbocycles. The first-order chi connectivity index (χ1) is 12.8. The second-order valence-electron chi connectivity index (χ2n) is 5.83. The van der Waals surface area contributed by atoms with E-state index in [4.69, 9.17) is 4.55 Å². The number of phenolic OH excluding ortho intramolecular Hbond substituents is 1. The minimum Gasteiger partial charge on any atom is -0.506 e. The van der Waals surface area contributed by atoms with Crippen molar-refractivity contribution >= 4 is 72.8 Å². The van der Waals surface area contributed by atoms with Gasteiger partial charge in [0, 0.05) is 65.1 Å². The molecule has 0 bridgehead atoms. The normalized spacial score (nSPS) is 11.0. The van der Waals surface area contributed by atoms with E-state index < -0.39 is 10.1 Å². The van der Waals surface area contributed by atoms with Crippen molar-refractivity contribution in [3.05, 3.63) is 41.0 Å². The fraction of sp³-hybridized carbons (Fsp3) is 0.353. The smallest absolute Gasteiger partial charge is 0.264 e. The monoisotopic (exact) mass is 497 g/mol. The third-order valence-electron chi connectivity index (χ3n) is 3.62. The van der Waals surface area contributed by atoms with Gasteiger partial charge in [0.2, 0.25) is 0 Å². The topological polar surface area (TPSA) is 147 Å². The first-order valence-electron chi connectivity index (χ1n) is 8.35. The number of phenols is 1. The van der Waals surface area contributed by atoms with Crippen LogP contribution in [-0.4, -0.2) is 76.9 Å². The molecule has 4 N–H and O–H groups in total. The van der Waals surface area contributed by atoms with Crippen LogP contribution in [0.4, 0.5) is 17.2 Å². The molecule has 155 valence electrons. The summed E-state index contributed by atoms with van der Waals surface area (Å²) in [5, 5.41) is 18.2. The third-order valence-corrected chi connectivity index (χ3v) is 4.89. The van der Waals surface area contributed by atoms with Crippen LogP contribution in [0.3, 0.4) is 0 Å². The van der Waals surface area contributed by atoms with E-state index in [1.54, 1.807) is 36.5 Å². The number of pyridine rings is 1. The van der Waals surface area contributed by atoms with E-state index in [-0.39, 0.29) is 53.0 Å². The molecule has 1 radical (unpaired) electrons. The van der Waals surface area contributed by atoms with E-state index in [1.807, 2.05) is 11.8 Å². The molecule has 0 aliphatic heterocycles. The maximum absolute atomic E-state index is 10.9. The van der Waals surface area contributed by atoms with Crippen LogP contribution in [-0.2, 0) is 10.1 Å². The average molecular weight is 498 g/mol. The predicted octanol–water partition coefficient (Wildman–Crippen LogP) is 3.25. The summed E-state index contributed by atoms with van der Waals surface area (Å²) in [6.07, 6.45) is 2.74. The largest absolute Gasteiger partial charge is 0.506 e. The van der Waals surface area contributed by atoms with Gasteiger partial charge in [-0.05, 0) is 53.0 Å². The van der Waals surface area contributed by atoms with Gasteiger partial charge in [-0.25, -0.2) is 4.98 Å². The van der Waals surface area contributed by atoms with Crippen molar-refractivity contribution in [2.45, 2.75) is 19.8 Å². The summed E-state index contributed by atoms with van der Waals surface area (Å²) in [6.45, 7) is 3.13. The molecule has 2 aromatic rings. The van der Waals surface area contributed by atoms with Crippen LogP contribution in [0.1, 0.15) is 19.8 Å². The first-order valence-corrected chi connectivity index (χ1v) is 10.7. The fourth-order valence-corrected chi connectivity index (χ4v) is 3.13. The van der Waals surface area contributed by atoms with E-state index in [1.165, 1.54) is 0 Å². The van der Waals surface area contributed by atoms with E-state index in [2.05, 4.69) is 31.1 Å². The second kappa shape index (κ2) is 13.3. The van der Waals surface area contributed by atoms with Crippen molar-refractivity contribution in [1.29, 1.82) is 0 Å². The summed E-state index contributed by atoms with van der Waals surface area (Å²) >= 11 is 3.29. The van der Waals surface area contributed by atoms with E-state index in [9.17, 15) is 13.5 Å². The molecule has 0 saturated carbocycles. The average Bonchev–Trinajstić information content (AvgIpc) is 2.60. The zero-order valence-corrected chi connectivity index (χ0v) is 20.7. The summed E-state index contributed by atoms with van der Waals surface area (Å²) in [7, 11) is -3.98. The Morgan fingerprint density at radius 3 is 2.45 bits per heavy atom. The minimum absolute atomic E-state index is 0. The van der Waals surface area contributed by atoms with Gasteiger partial charge < -0.3 is 15.5 Å². The Morgan fingerprint density at radius 1 is 1.17 bits per heavy atom. The van der Waals surface area contributed by atoms with E-state index >= 15 is 0 Å². The molecule has 9 nitrogen and oxygen atoms in total. The van der Waals surface area contributed by atoms with Crippen molar-refractivity contribution in [2.24, 2.45) is 10.2 Å². The molecule has 1 heterocycles. The molecule has 12 heteroatoms. The van der Waals surface area contributed by atoms with Gasteiger partial charge in [-0.2, -0.15) is 8.42 Å². The van der Waals surface area contributed by atoms with E-state index in [0.29, 0.717) is 24.6 Å². The van der Waals surface area contributed by atoms with Gasteiger partial charge in [0.15, 0.2) is 5.82 Å². The van der Waals surface area contributed by atoms with Crippen LogP contribution < -0.4 is 4.90 Å². The summed E-state index contributed by atoms with van der Waals surface area (Å²) in [6, 6.07) is 8.47. The zero-order valence-electron chi connectivity index (χ0n) is 16.3. The molecule has 0 atom stereocenters. The van der Waals surface area contributed by atoms with Crippen molar-refractivity contribution in [1.82, 2.24) is 4.98 Å². The number of hydrogen-bond donors (Lipinski definition) is 2. The Labute approximate surface area is 200 Å². The van der Waals surface area contributed by atoms with Crippen molar-refractivity contribution in [3.63, 3.8) is 0 Å². The van der Waals surface area contributed by atoms with Crippen LogP contribution in [0.15, 0.2) is 51.2 Å². The molecular formula is C17H23BrN4NaO5S. The Hall–Kier alpha value is -1.08. The predicted molar refractivity (Wildman–Crippen MR) is 117 cm³/mol. The molecule has 0 saturated heterocycles. The standard InChI is InChI=1S/C17H21BrN4O4S.Na.H2O/c1-2-8-22(9-3-10-27(24,25)26)14-5-6-15(16(23)11-14)20-21-17-7-4-13(18)12-19-17;;/h4-7,11-12,23H,2-3,8-10H2,1H3,(H,24,25,26);;1H2. The number of benzene rings is 1. The van der Waals surface area contributed by atoms with Gasteiger partial charge in [0.1, 0.15) is 11.4 Å². The molecule has 2 rings (SSSR count). The minimum atomic E-state index is -3.98. The third kappa shape index (κ3) is 9.98. The molecule has 29 heavy (non-hydrogen) atoms. The van der Waals surface area contributed by atoms with Crippen LogP contribution >= 0.6 is 15.9 Å². The van der Waals surface area contributed by atoms with Gasteiger partial charge in [0.05, 0.1) is 5.75 Å². The Morgan fingerprint density at radius 2 is 1.90 bits per heavy atom. The molecule has 0 spiro atoms. The molecular weight excluding hydrogens is 475 g/mol. The molecule has 0 amide bonds. The fourth-order valence-electron chi connectivity index (χ4n) is 2.40. The summed E-state index contributed by atoms with van der Waals surface area (Å²) in [5.41, 5.74) is 1.04. The number of hydrogen-bond acceptors (Lipinski definition) is 7. The molecule has 0 aliphatic carbocycles. The van der Waals surface area contributed by atoms with Crippen molar-refractivity contribution in [2.75, 3.05) is 23.7 Å². The molecule has 1 aromatic heterocycles. The molecule has 0 aliphatic rings. The summed E-state index contributed by atoms with van der Waals surface area (Å²) < 4.78 is 31.5. The van der Waals surface area contributed by atoms with Gasteiger partial charge >= 0.3 is 0 Å². The number of azo groups is 1. The number of rotatable bonds is 9. The number of nitrogens with zero attached hydrogens (tertiary/aromatic N) is 4.